The summed E-state index contributed by atoms with van der Waals surface area (Å²) < 4.78 is 23.9. The van der Waals surface area contributed by atoms with Crippen LogP contribution < -0.4 is 32.3 Å². The first-order valence-corrected chi connectivity index (χ1v) is 23.9. The third-order valence-electron chi connectivity index (χ3n) is 13.0. The van der Waals surface area contributed by atoms with Crippen LogP contribution in [0.5, 0.6) is 0 Å². The maximum absolute atomic E-state index is 14.2. The molecule has 16 unspecified atom stereocenters. The molecule has 19 nitrogen and oxygen atoms in total. The molecule has 66 heavy (non-hydrogen) atoms. The average Bonchev–Trinajstić information content (AvgIpc) is 3.26. The number of unbranched alkanes of at least 4 members (excludes halogenated alkanes) is 3. The van der Waals surface area contributed by atoms with Crippen molar-refractivity contribution in [1.82, 2.24) is 31.5 Å². The Morgan fingerprint density at radius 3 is 1.50 bits per heavy atom. The smallest absolute Gasteiger partial charge is 0.236 e. The minimum absolute atomic E-state index is 0.0237. The minimum atomic E-state index is -0.956. The van der Waals surface area contributed by atoms with Crippen molar-refractivity contribution >= 4 is 53.0 Å². The second-order valence-electron chi connectivity index (χ2n) is 18.4. The highest BCUT2D eigenvalue weighted by molar-refractivity contribution is 6.13. The highest BCUT2D eigenvalue weighted by atomic mass is 16.5. The predicted molar refractivity (Wildman–Crippen MR) is 249 cm³/mol. The van der Waals surface area contributed by atoms with Crippen molar-refractivity contribution in [3.05, 3.63) is 0 Å². The number of nitrogens with one attached hydrogen (secondary N) is 5. The number of nitrogens with two attached hydrogens (primary N) is 1. The van der Waals surface area contributed by atoms with E-state index in [4.69, 9.17) is 48.2 Å². The van der Waals surface area contributed by atoms with E-state index in [1.165, 1.54) is 20.8 Å². The van der Waals surface area contributed by atoms with Crippen LogP contribution in [0.4, 0.5) is 0 Å². The molecular weight excluding hydrogens is 851 g/mol. The molecule has 0 aliphatic carbocycles. The molecule has 0 aromatic rings. The molecule has 16 atom stereocenters. The van der Waals surface area contributed by atoms with E-state index in [1.54, 1.807) is 25.7 Å². The minimum Gasteiger partial charge on any atom is -0.391 e. The van der Waals surface area contributed by atoms with Crippen LogP contribution in [0.2, 0.25) is 17.5 Å². The lowest BCUT2D eigenvalue weighted by Gasteiger charge is -2.43. The average molecular weight is 930 g/mol. The molecule has 0 aromatic carbocycles. The molecular formula is C44H78B3N7O12. The molecule has 22 heteroatoms. The van der Waals surface area contributed by atoms with Gasteiger partial charge in [-0.3, -0.25) is 29.3 Å². The van der Waals surface area contributed by atoms with Gasteiger partial charge >= 0.3 is 0 Å². The highest BCUT2D eigenvalue weighted by Crippen LogP contribution is 2.33. The van der Waals surface area contributed by atoms with Gasteiger partial charge in [0.1, 0.15) is 0 Å². The molecule has 3 aliphatic rings. The Balaban J connectivity index is 1.66. The maximum atomic E-state index is 14.2. The second kappa shape index (κ2) is 29.4. The Morgan fingerprint density at radius 1 is 0.652 bits per heavy atom. The molecule has 3 rings (SSSR count). The number of ketones is 1. The van der Waals surface area contributed by atoms with E-state index in [1.807, 2.05) is 0 Å². The summed E-state index contributed by atoms with van der Waals surface area (Å²) in [5, 5.41) is 46.0. The molecule has 0 spiro atoms. The van der Waals surface area contributed by atoms with Gasteiger partial charge in [-0.05, 0) is 96.1 Å². The molecule has 3 saturated heterocycles. The number of nitrogens with zero attached hydrogens (tertiary/aromatic N) is 1. The van der Waals surface area contributed by atoms with Crippen LogP contribution in [0.1, 0.15) is 106 Å². The monoisotopic (exact) mass is 930 g/mol. The van der Waals surface area contributed by atoms with Crippen molar-refractivity contribution in [1.29, 1.82) is 0 Å². The van der Waals surface area contributed by atoms with Crippen LogP contribution in [0.15, 0.2) is 0 Å². The van der Waals surface area contributed by atoms with Gasteiger partial charge in [-0.2, -0.15) is 0 Å². The van der Waals surface area contributed by atoms with Crippen LogP contribution in [-0.2, 0) is 42.9 Å². The van der Waals surface area contributed by atoms with Gasteiger partial charge in [-0.15, -0.1) is 0 Å². The zero-order chi connectivity index (χ0) is 49.1. The summed E-state index contributed by atoms with van der Waals surface area (Å²) in [6.45, 7) is 10.4. The van der Waals surface area contributed by atoms with Crippen molar-refractivity contribution < 1.29 is 58.2 Å². The number of carbonyl (C=O) groups is 5. The van der Waals surface area contributed by atoms with Crippen LogP contribution in [0.25, 0.3) is 0 Å². The number of aliphatic hydroxyl groups excluding tert-OH is 3. The number of aliphatic hydroxyl groups is 3. The van der Waals surface area contributed by atoms with E-state index < -0.39 is 90.3 Å². The molecule has 10 N–H and O–H groups in total. The van der Waals surface area contributed by atoms with Gasteiger partial charge in [0, 0.05) is 39.9 Å². The zero-order valence-electron chi connectivity index (χ0n) is 40.0. The summed E-state index contributed by atoms with van der Waals surface area (Å²) in [5.74, 6) is -3.95. The van der Waals surface area contributed by atoms with E-state index >= 15 is 0 Å². The number of Topliss-reactive ketones (excluding diaryl/α,β-unsaturated/α-hetero) is 1. The van der Waals surface area contributed by atoms with E-state index in [0.29, 0.717) is 70.8 Å². The fourth-order valence-corrected chi connectivity index (χ4v) is 9.22. The Labute approximate surface area is 395 Å². The molecule has 0 bridgehead atoms. The quantitative estimate of drug-likeness (QED) is 0.0254. The lowest BCUT2D eigenvalue weighted by atomic mass is 9.70. The third kappa shape index (κ3) is 18.3. The number of ether oxygens (including phenoxy) is 4. The predicted octanol–water partition coefficient (Wildman–Crippen LogP) is -1.20. The first-order valence-electron chi connectivity index (χ1n) is 23.9. The van der Waals surface area contributed by atoms with Gasteiger partial charge in [0.2, 0.25) is 23.6 Å². The molecule has 0 aromatic heterocycles. The summed E-state index contributed by atoms with van der Waals surface area (Å²) >= 11 is 0. The van der Waals surface area contributed by atoms with Crippen molar-refractivity contribution in [2.24, 2.45) is 11.7 Å². The lowest BCUT2D eigenvalue weighted by Crippen LogP contribution is -2.57. The van der Waals surface area contributed by atoms with Gasteiger partial charge in [-0.1, -0.05) is 12.8 Å². The van der Waals surface area contributed by atoms with Gasteiger partial charge in [0.15, 0.2) is 5.78 Å². The number of amides is 4. The van der Waals surface area contributed by atoms with Crippen LogP contribution in [0.3, 0.4) is 0 Å². The van der Waals surface area contributed by atoms with Crippen molar-refractivity contribution in [2.45, 2.75) is 196 Å². The number of hydrogen-bond donors (Lipinski definition) is 9. The summed E-state index contributed by atoms with van der Waals surface area (Å²) in [4.78, 5) is 65.5. The van der Waals surface area contributed by atoms with E-state index in [-0.39, 0.29) is 75.2 Å². The van der Waals surface area contributed by atoms with Crippen molar-refractivity contribution in [2.75, 3.05) is 46.2 Å². The van der Waals surface area contributed by atoms with Gasteiger partial charge in [0.25, 0.3) is 0 Å². The number of carbonyl (C=O) groups excluding carboxylic acids is 5. The Kier molecular flexibility index (Phi) is 25.7. The second-order valence-corrected chi connectivity index (χ2v) is 18.4. The molecule has 3 aliphatic heterocycles. The molecule has 6 radical (unpaired) electrons. The maximum Gasteiger partial charge on any atom is 0.236 e. The lowest BCUT2D eigenvalue weighted by molar-refractivity contribution is -0.138. The first-order chi connectivity index (χ1) is 31.3. The van der Waals surface area contributed by atoms with Crippen LogP contribution in [0, 0.1) is 5.92 Å². The van der Waals surface area contributed by atoms with Gasteiger partial charge in [-0.25, -0.2) is 0 Å². The fourth-order valence-electron chi connectivity index (χ4n) is 9.22. The first kappa shape index (κ1) is 57.7. The van der Waals surface area contributed by atoms with Gasteiger partial charge in [0.05, 0.1) is 123 Å². The molecule has 3 heterocycles. The molecule has 0 saturated carbocycles. The summed E-state index contributed by atoms with van der Waals surface area (Å²) in [5.41, 5.74) is 5.59. The normalized spacial score (nSPS) is 32.8. The van der Waals surface area contributed by atoms with Crippen LogP contribution >= 0.6 is 0 Å². The SMILES string of the molecule is [B]C1C(O)C(C)OC(CCCCNCC(=O)N(CCCCC2OC(C)C(O)C([B])C2NC(C)=O)CC(=O)C(CCCCC2OC(C)C(O)C([B])C2NC(C)=O)COCNCN)C1NC(C)=O. The van der Waals surface area contributed by atoms with E-state index in [2.05, 4.69) is 26.6 Å². The Hall–Kier alpha value is -2.66. The van der Waals surface area contributed by atoms with E-state index in [9.17, 15) is 39.3 Å². The zero-order valence-corrected chi connectivity index (χ0v) is 40.0. The summed E-state index contributed by atoms with van der Waals surface area (Å²) in [6.07, 6.45) is 0.0753. The van der Waals surface area contributed by atoms with Gasteiger partial charge < -0.3 is 66.2 Å². The Bertz CT molecular complexity index is 1510. The molecule has 370 valence electrons. The fraction of sp³-hybridized carbons (Fsp3) is 0.886. The van der Waals surface area contributed by atoms with Crippen LogP contribution in [-0.4, -0.2) is 192 Å². The Morgan fingerprint density at radius 2 is 1.08 bits per heavy atom. The standard InChI is InChI=1S/C44H78B3N7O12/c1-24-42(60)36(45)39(51-27(4)55)32(64-24)14-8-7-13-30(21-63-23-50-22-48)31(58)20-54(18-12-10-16-34-41(53-29(6)57)38(47)44(62)26(3)66-34)35(59)19-49-17-11-9-15-33-40(52-28(5)56)37(46)43(61)25(2)65-33/h24-26,30,32-34,36-44,49-50,60-62H,7-23,48H2,1-6H3,(H,51,55)(H,52,56)(H,53,57). The summed E-state index contributed by atoms with van der Waals surface area (Å²) in [6, 6.07) is -1.73. The van der Waals surface area contributed by atoms with E-state index in [0.717, 1.165) is 0 Å². The largest absolute Gasteiger partial charge is 0.391 e. The van der Waals surface area contributed by atoms with Crippen molar-refractivity contribution in [3.63, 3.8) is 0 Å². The number of hydrogen-bond acceptors (Lipinski definition) is 15. The summed E-state index contributed by atoms with van der Waals surface area (Å²) in [7, 11) is 18.9. The third-order valence-corrected chi connectivity index (χ3v) is 13.0. The highest BCUT2D eigenvalue weighted by Gasteiger charge is 2.43. The topological polar surface area (TPSA) is 272 Å². The molecule has 4 amide bonds. The molecule has 3 fully saturated rings. The van der Waals surface area contributed by atoms with Crippen molar-refractivity contribution in [3.8, 4) is 0 Å². The number of rotatable bonds is 28.